The number of hydrogen-bond acceptors (Lipinski definition) is 6. The molecule has 0 radical (unpaired) electrons. The van der Waals surface area contributed by atoms with E-state index in [4.69, 9.17) is 4.74 Å². The van der Waals surface area contributed by atoms with Gasteiger partial charge in [-0.05, 0) is 51.0 Å². The Morgan fingerprint density at radius 2 is 1.84 bits per heavy atom. The summed E-state index contributed by atoms with van der Waals surface area (Å²) in [6, 6.07) is 8.03. The zero-order valence-electron chi connectivity index (χ0n) is 17.5. The van der Waals surface area contributed by atoms with Gasteiger partial charge < -0.3 is 10.1 Å². The number of hydrogen-bond donors (Lipinski definition) is 2. The van der Waals surface area contributed by atoms with Gasteiger partial charge >= 0.3 is 6.09 Å². The summed E-state index contributed by atoms with van der Waals surface area (Å²) >= 11 is 0. The van der Waals surface area contributed by atoms with Gasteiger partial charge in [0.05, 0.1) is 29.9 Å². The number of H-pyrrole nitrogens is 1. The quantitative estimate of drug-likeness (QED) is 0.612. The fraction of sp³-hybridized carbons (Fsp3) is 0.318. The Morgan fingerprint density at radius 3 is 2.48 bits per heavy atom. The third kappa shape index (κ3) is 4.40. The molecule has 9 nitrogen and oxygen atoms in total. The fourth-order valence-corrected chi connectivity index (χ4v) is 3.54. The highest BCUT2D eigenvalue weighted by atomic mass is 16.6. The highest BCUT2D eigenvalue weighted by Gasteiger charge is 2.37. The van der Waals surface area contributed by atoms with E-state index >= 15 is 0 Å². The van der Waals surface area contributed by atoms with E-state index in [0.717, 1.165) is 15.8 Å². The molecular formula is C22H23N5O4. The maximum Gasteiger partial charge on any atom is 0.407 e. The lowest BCUT2D eigenvalue weighted by Crippen LogP contribution is -2.48. The zero-order chi connectivity index (χ0) is 22.2. The fourth-order valence-electron chi connectivity index (χ4n) is 3.54. The maximum atomic E-state index is 12.8. The van der Waals surface area contributed by atoms with Crippen LogP contribution >= 0.6 is 0 Å². The number of fused-ring (bicyclic) bond motifs is 2. The second-order valence-electron chi connectivity index (χ2n) is 8.47. The van der Waals surface area contributed by atoms with Gasteiger partial charge in [0.2, 0.25) is 0 Å². The van der Waals surface area contributed by atoms with Crippen molar-refractivity contribution < 1.29 is 19.1 Å². The first-order chi connectivity index (χ1) is 14.7. The number of benzene rings is 1. The van der Waals surface area contributed by atoms with E-state index in [9.17, 15) is 14.4 Å². The molecule has 3 amide bonds. The van der Waals surface area contributed by atoms with Crippen LogP contribution in [0.5, 0.6) is 0 Å². The molecule has 0 spiro atoms. The van der Waals surface area contributed by atoms with Crippen molar-refractivity contribution in [2.45, 2.75) is 38.8 Å². The first kappa shape index (κ1) is 20.5. The van der Waals surface area contributed by atoms with Gasteiger partial charge in [0.25, 0.3) is 11.8 Å². The van der Waals surface area contributed by atoms with Crippen LogP contribution < -0.4 is 5.32 Å². The van der Waals surface area contributed by atoms with Gasteiger partial charge in [-0.25, -0.2) is 9.78 Å². The molecule has 1 aliphatic heterocycles. The van der Waals surface area contributed by atoms with E-state index < -0.39 is 17.7 Å². The number of aromatic amines is 1. The molecule has 1 aliphatic rings. The molecule has 0 unspecified atom stereocenters. The number of pyridine rings is 1. The average molecular weight is 421 g/mol. The van der Waals surface area contributed by atoms with Gasteiger partial charge in [0, 0.05) is 11.6 Å². The van der Waals surface area contributed by atoms with Crippen LogP contribution in [-0.4, -0.2) is 56.2 Å². The summed E-state index contributed by atoms with van der Waals surface area (Å²) < 4.78 is 5.37. The molecule has 160 valence electrons. The second kappa shape index (κ2) is 7.82. The van der Waals surface area contributed by atoms with E-state index in [1.807, 2.05) is 6.07 Å². The van der Waals surface area contributed by atoms with Crippen molar-refractivity contribution in [3.05, 3.63) is 59.4 Å². The Balaban J connectivity index is 1.56. The molecular weight excluding hydrogens is 398 g/mol. The minimum Gasteiger partial charge on any atom is -0.444 e. The number of ether oxygens (including phenoxy) is 1. The van der Waals surface area contributed by atoms with Crippen molar-refractivity contribution >= 4 is 28.9 Å². The van der Waals surface area contributed by atoms with Gasteiger partial charge in [0.15, 0.2) is 5.65 Å². The molecule has 0 fully saturated rings. The second-order valence-corrected chi connectivity index (χ2v) is 8.47. The number of carbonyl (C=O) groups excluding carboxylic acids is 3. The molecule has 1 atom stereocenters. The molecule has 3 heterocycles. The zero-order valence-corrected chi connectivity index (χ0v) is 17.5. The van der Waals surface area contributed by atoms with Gasteiger partial charge in [-0.1, -0.05) is 12.1 Å². The third-order valence-corrected chi connectivity index (χ3v) is 4.83. The number of amides is 3. The molecule has 0 saturated heterocycles. The van der Waals surface area contributed by atoms with Gasteiger partial charge in [-0.3, -0.25) is 19.6 Å². The Hall–Kier alpha value is -3.75. The number of imide groups is 1. The van der Waals surface area contributed by atoms with Crippen LogP contribution in [0.4, 0.5) is 4.79 Å². The van der Waals surface area contributed by atoms with Crippen LogP contribution in [0.2, 0.25) is 0 Å². The van der Waals surface area contributed by atoms with E-state index in [1.165, 1.54) is 0 Å². The smallest absolute Gasteiger partial charge is 0.407 e. The number of nitrogens with one attached hydrogen (secondary N) is 2. The van der Waals surface area contributed by atoms with Crippen molar-refractivity contribution in [1.29, 1.82) is 0 Å². The van der Waals surface area contributed by atoms with Crippen molar-refractivity contribution in [1.82, 2.24) is 25.4 Å². The Kier molecular flexibility index (Phi) is 5.18. The van der Waals surface area contributed by atoms with E-state index in [1.54, 1.807) is 57.4 Å². The molecule has 4 rings (SSSR count). The van der Waals surface area contributed by atoms with Crippen LogP contribution in [0.15, 0.2) is 42.7 Å². The average Bonchev–Trinajstić information content (AvgIpc) is 3.25. The summed E-state index contributed by atoms with van der Waals surface area (Å²) in [5, 5.41) is 10.4. The molecule has 0 aliphatic carbocycles. The minimum absolute atomic E-state index is 0.00894. The Morgan fingerprint density at radius 1 is 1.16 bits per heavy atom. The van der Waals surface area contributed by atoms with Crippen molar-refractivity contribution in [2.24, 2.45) is 0 Å². The lowest BCUT2D eigenvalue weighted by Gasteiger charge is -2.26. The monoisotopic (exact) mass is 421 g/mol. The summed E-state index contributed by atoms with van der Waals surface area (Å²) in [5.74, 6) is -0.750. The summed E-state index contributed by atoms with van der Waals surface area (Å²) in [6.07, 6.45) is 3.06. The Bertz CT molecular complexity index is 1130. The van der Waals surface area contributed by atoms with Crippen molar-refractivity contribution in [3.63, 3.8) is 0 Å². The van der Waals surface area contributed by atoms with E-state index in [2.05, 4.69) is 20.5 Å². The summed E-state index contributed by atoms with van der Waals surface area (Å²) in [7, 11) is 0. The van der Waals surface area contributed by atoms with Gasteiger partial charge in [0.1, 0.15) is 5.60 Å². The lowest BCUT2D eigenvalue weighted by molar-refractivity contribution is 0.0468. The molecule has 1 aromatic carbocycles. The topological polar surface area (TPSA) is 117 Å². The van der Waals surface area contributed by atoms with Crippen molar-refractivity contribution in [2.75, 3.05) is 6.54 Å². The van der Waals surface area contributed by atoms with Gasteiger partial charge in [-0.15, -0.1) is 0 Å². The number of alkyl carbamates (subject to hydrolysis) is 1. The number of rotatable bonds is 5. The number of aromatic nitrogens is 3. The SMILES string of the molecule is CC(C)(C)OC(=O)N[C@@H](Cc1cnc2[nH]ncc2c1)CN1C(=O)c2ccccc2C1=O. The van der Waals surface area contributed by atoms with E-state index in [0.29, 0.717) is 23.2 Å². The highest BCUT2D eigenvalue weighted by Crippen LogP contribution is 2.23. The van der Waals surface area contributed by atoms with Crippen molar-refractivity contribution in [3.8, 4) is 0 Å². The largest absolute Gasteiger partial charge is 0.444 e. The minimum atomic E-state index is -0.679. The number of nitrogens with zero attached hydrogens (tertiary/aromatic N) is 3. The lowest BCUT2D eigenvalue weighted by atomic mass is 10.1. The molecule has 9 heteroatoms. The highest BCUT2D eigenvalue weighted by molar-refractivity contribution is 6.21. The maximum absolute atomic E-state index is 12.8. The van der Waals surface area contributed by atoms with Crippen LogP contribution in [0.25, 0.3) is 11.0 Å². The predicted octanol–water partition coefficient (Wildman–Crippen LogP) is 2.69. The molecule has 0 bridgehead atoms. The Labute approximate surface area is 178 Å². The first-order valence-electron chi connectivity index (χ1n) is 9.94. The molecule has 2 aromatic heterocycles. The predicted molar refractivity (Wildman–Crippen MR) is 113 cm³/mol. The van der Waals surface area contributed by atoms with E-state index in [-0.39, 0.29) is 18.4 Å². The third-order valence-electron chi connectivity index (χ3n) is 4.83. The molecule has 2 N–H and O–H groups in total. The first-order valence-corrected chi connectivity index (χ1v) is 9.94. The molecule has 3 aromatic rings. The number of carbonyl (C=O) groups is 3. The van der Waals surface area contributed by atoms with Crippen LogP contribution in [0, 0.1) is 0 Å². The van der Waals surface area contributed by atoms with Crippen LogP contribution in [0.1, 0.15) is 47.1 Å². The molecule has 0 saturated carbocycles. The standard InChI is InChI=1S/C22H23N5O4/c1-22(2,3)31-21(30)25-15(9-13-8-14-11-24-26-18(14)23-10-13)12-27-19(28)16-6-4-5-7-17(16)20(27)29/h4-8,10-11,15H,9,12H2,1-3H3,(H,25,30)(H,23,24,26)/t15-/m0/s1. The van der Waals surface area contributed by atoms with Crippen LogP contribution in [0.3, 0.4) is 0 Å². The molecule has 31 heavy (non-hydrogen) atoms. The summed E-state index contributed by atoms with van der Waals surface area (Å²) in [4.78, 5) is 43.5. The summed E-state index contributed by atoms with van der Waals surface area (Å²) in [6.45, 7) is 5.31. The normalized spacial score (nSPS) is 14.6. The van der Waals surface area contributed by atoms with Gasteiger partial charge in [-0.2, -0.15) is 5.10 Å². The summed E-state index contributed by atoms with van der Waals surface area (Å²) in [5.41, 5.74) is 1.53. The van der Waals surface area contributed by atoms with Crippen LogP contribution in [-0.2, 0) is 11.2 Å².